The standard InChI is InChI=1S/C21H30N2O4/c1-5-27-20(26)23-14-12-22(13-15-23)19(25)11-10-18(24)16-6-8-17(9-7-16)21(2,3)4/h6-9H,5,10-15H2,1-4H3. The van der Waals surface area contributed by atoms with Crippen molar-refractivity contribution in [3.8, 4) is 0 Å². The van der Waals surface area contributed by atoms with Crippen LogP contribution in [0.3, 0.4) is 0 Å². The van der Waals surface area contributed by atoms with E-state index in [9.17, 15) is 14.4 Å². The summed E-state index contributed by atoms with van der Waals surface area (Å²) in [5, 5.41) is 0. The van der Waals surface area contributed by atoms with Gasteiger partial charge in [-0.05, 0) is 17.9 Å². The lowest BCUT2D eigenvalue weighted by Crippen LogP contribution is -2.50. The Hall–Kier alpha value is -2.37. The molecule has 27 heavy (non-hydrogen) atoms. The second-order valence-corrected chi connectivity index (χ2v) is 7.82. The highest BCUT2D eigenvalue weighted by molar-refractivity contribution is 5.98. The molecule has 0 bridgehead atoms. The Morgan fingerprint density at radius 3 is 2.00 bits per heavy atom. The zero-order valence-electron chi connectivity index (χ0n) is 16.8. The van der Waals surface area contributed by atoms with Crippen molar-refractivity contribution in [1.29, 1.82) is 0 Å². The number of amides is 2. The van der Waals surface area contributed by atoms with E-state index in [1.165, 1.54) is 5.56 Å². The Balaban J connectivity index is 1.80. The van der Waals surface area contributed by atoms with E-state index < -0.39 is 0 Å². The van der Waals surface area contributed by atoms with Crippen LogP contribution in [0.1, 0.15) is 56.5 Å². The van der Waals surface area contributed by atoms with Crippen molar-refractivity contribution >= 4 is 17.8 Å². The molecule has 1 heterocycles. The fourth-order valence-corrected chi connectivity index (χ4v) is 3.03. The van der Waals surface area contributed by atoms with Crippen molar-refractivity contribution in [1.82, 2.24) is 9.80 Å². The molecule has 0 aliphatic carbocycles. The Morgan fingerprint density at radius 2 is 1.48 bits per heavy atom. The molecule has 1 fully saturated rings. The highest BCUT2D eigenvalue weighted by Crippen LogP contribution is 2.22. The predicted molar refractivity (Wildman–Crippen MR) is 104 cm³/mol. The van der Waals surface area contributed by atoms with E-state index in [0.29, 0.717) is 38.3 Å². The molecule has 6 nitrogen and oxygen atoms in total. The number of ether oxygens (including phenoxy) is 1. The molecule has 1 aromatic rings. The number of carbonyl (C=O) groups is 3. The van der Waals surface area contributed by atoms with Crippen LogP contribution < -0.4 is 0 Å². The van der Waals surface area contributed by atoms with Crippen LogP contribution in [0.5, 0.6) is 0 Å². The maximum atomic E-state index is 12.4. The van der Waals surface area contributed by atoms with Gasteiger partial charge < -0.3 is 14.5 Å². The Morgan fingerprint density at radius 1 is 0.926 bits per heavy atom. The van der Waals surface area contributed by atoms with Crippen LogP contribution in [0.4, 0.5) is 4.79 Å². The summed E-state index contributed by atoms with van der Waals surface area (Å²) in [6.45, 7) is 10.4. The van der Waals surface area contributed by atoms with Crippen molar-refractivity contribution in [3.63, 3.8) is 0 Å². The van der Waals surface area contributed by atoms with Gasteiger partial charge in [0.1, 0.15) is 0 Å². The molecule has 1 aliphatic heterocycles. The molecule has 0 N–H and O–H groups in total. The number of benzene rings is 1. The van der Waals surface area contributed by atoms with Crippen molar-refractivity contribution in [2.45, 2.75) is 46.0 Å². The van der Waals surface area contributed by atoms with E-state index in [-0.39, 0.29) is 36.0 Å². The third-order valence-electron chi connectivity index (χ3n) is 4.80. The number of ketones is 1. The van der Waals surface area contributed by atoms with Crippen molar-refractivity contribution in [3.05, 3.63) is 35.4 Å². The summed E-state index contributed by atoms with van der Waals surface area (Å²) < 4.78 is 4.97. The smallest absolute Gasteiger partial charge is 0.409 e. The van der Waals surface area contributed by atoms with Gasteiger partial charge in [0.25, 0.3) is 0 Å². The van der Waals surface area contributed by atoms with Gasteiger partial charge in [-0.3, -0.25) is 9.59 Å². The number of piperazine rings is 1. The fourth-order valence-electron chi connectivity index (χ4n) is 3.03. The summed E-state index contributed by atoms with van der Waals surface area (Å²) >= 11 is 0. The van der Waals surface area contributed by atoms with Gasteiger partial charge in [0, 0.05) is 44.6 Å². The highest BCUT2D eigenvalue weighted by Gasteiger charge is 2.25. The molecule has 0 atom stereocenters. The summed E-state index contributed by atoms with van der Waals surface area (Å²) in [6, 6.07) is 7.63. The van der Waals surface area contributed by atoms with Crippen molar-refractivity contribution in [2.24, 2.45) is 0 Å². The average Bonchev–Trinajstić information content (AvgIpc) is 2.65. The summed E-state index contributed by atoms with van der Waals surface area (Å²) in [7, 11) is 0. The maximum Gasteiger partial charge on any atom is 0.409 e. The third-order valence-corrected chi connectivity index (χ3v) is 4.80. The first-order valence-corrected chi connectivity index (χ1v) is 9.55. The Kier molecular flexibility index (Phi) is 6.99. The lowest BCUT2D eigenvalue weighted by molar-refractivity contribution is -0.132. The predicted octanol–water partition coefficient (Wildman–Crippen LogP) is 3.25. The molecule has 0 unspecified atom stereocenters. The van der Waals surface area contributed by atoms with Gasteiger partial charge in [-0.2, -0.15) is 0 Å². The SMILES string of the molecule is CCOC(=O)N1CCN(C(=O)CCC(=O)c2ccc(C(C)(C)C)cc2)CC1. The third kappa shape index (κ3) is 5.81. The number of Topliss-reactive ketones (excluding diaryl/α,β-unsaturated/α-hetero) is 1. The largest absolute Gasteiger partial charge is 0.450 e. The number of hydrogen-bond acceptors (Lipinski definition) is 4. The Bertz CT molecular complexity index is 668. The second kappa shape index (κ2) is 9.02. The lowest BCUT2D eigenvalue weighted by Gasteiger charge is -2.34. The van der Waals surface area contributed by atoms with Crippen LogP contribution in [0, 0.1) is 0 Å². The highest BCUT2D eigenvalue weighted by atomic mass is 16.6. The minimum atomic E-state index is -0.335. The minimum Gasteiger partial charge on any atom is -0.450 e. The summed E-state index contributed by atoms with van der Waals surface area (Å²) in [5.41, 5.74) is 1.86. The zero-order valence-corrected chi connectivity index (χ0v) is 16.8. The summed E-state index contributed by atoms with van der Waals surface area (Å²) in [5.74, 6) is -0.0628. The summed E-state index contributed by atoms with van der Waals surface area (Å²) in [6.07, 6.45) is 0.0592. The van der Waals surface area contributed by atoms with Gasteiger partial charge >= 0.3 is 6.09 Å². The number of hydrogen-bond donors (Lipinski definition) is 0. The lowest BCUT2D eigenvalue weighted by atomic mass is 9.86. The van der Waals surface area contributed by atoms with E-state index in [1.54, 1.807) is 16.7 Å². The van der Waals surface area contributed by atoms with Gasteiger partial charge in [-0.15, -0.1) is 0 Å². The molecule has 0 saturated carbocycles. The molecule has 0 aromatic heterocycles. The van der Waals surface area contributed by atoms with Gasteiger partial charge in [0.05, 0.1) is 6.61 Å². The molecule has 1 aliphatic rings. The minimum absolute atomic E-state index is 0.0195. The van der Waals surface area contributed by atoms with E-state index >= 15 is 0 Å². The average molecular weight is 374 g/mol. The van der Waals surface area contributed by atoms with E-state index in [2.05, 4.69) is 20.8 Å². The number of nitrogens with zero attached hydrogens (tertiary/aromatic N) is 2. The maximum absolute atomic E-state index is 12.4. The van der Waals surface area contributed by atoms with Crippen LogP contribution in [0.15, 0.2) is 24.3 Å². The number of carbonyl (C=O) groups excluding carboxylic acids is 3. The van der Waals surface area contributed by atoms with Crippen molar-refractivity contribution in [2.75, 3.05) is 32.8 Å². The molecule has 148 valence electrons. The number of rotatable bonds is 5. The zero-order chi connectivity index (χ0) is 20.0. The molecule has 0 spiro atoms. The first-order chi connectivity index (χ1) is 12.7. The molecule has 2 rings (SSSR count). The molecular formula is C21H30N2O4. The quantitative estimate of drug-likeness (QED) is 0.742. The second-order valence-electron chi connectivity index (χ2n) is 7.82. The molecule has 1 saturated heterocycles. The Labute approximate surface area is 161 Å². The van der Waals surface area contributed by atoms with Crippen LogP contribution in [0.2, 0.25) is 0 Å². The summed E-state index contributed by atoms with van der Waals surface area (Å²) in [4.78, 5) is 39.7. The normalized spacial score (nSPS) is 14.8. The van der Waals surface area contributed by atoms with Crippen LogP contribution in [-0.2, 0) is 14.9 Å². The molecule has 6 heteroatoms. The topological polar surface area (TPSA) is 66.9 Å². The van der Waals surface area contributed by atoms with Crippen LogP contribution in [-0.4, -0.2) is 60.4 Å². The van der Waals surface area contributed by atoms with Gasteiger partial charge in [0.2, 0.25) is 5.91 Å². The van der Waals surface area contributed by atoms with Crippen LogP contribution in [0.25, 0.3) is 0 Å². The fraction of sp³-hybridized carbons (Fsp3) is 0.571. The van der Waals surface area contributed by atoms with E-state index in [1.807, 2.05) is 24.3 Å². The molecule has 1 aromatic carbocycles. The first kappa shape index (κ1) is 20.9. The van der Waals surface area contributed by atoms with Gasteiger partial charge in [-0.1, -0.05) is 45.0 Å². The molecule has 2 amide bonds. The molecular weight excluding hydrogens is 344 g/mol. The van der Waals surface area contributed by atoms with Gasteiger partial charge in [0.15, 0.2) is 5.78 Å². The van der Waals surface area contributed by atoms with Gasteiger partial charge in [-0.25, -0.2) is 4.79 Å². The van der Waals surface area contributed by atoms with Crippen LogP contribution >= 0.6 is 0 Å². The monoisotopic (exact) mass is 374 g/mol. The van der Waals surface area contributed by atoms with Crippen molar-refractivity contribution < 1.29 is 19.1 Å². The molecule has 0 radical (unpaired) electrons. The van der Waals surface area contributed by atoms with E-state index in [0.717, 1.165) is 0 Å². The first-order valence-electron chi connectivity index (χ1n) is 9.55. The van der Waals surface area contributed by atoms with E-state index in [4.69, 9.17) is 4.74 Å².